The molecular weight excluding hydrogens is 270 g/mol. The third kappa shape index (κ3) is 4.43. The summed E-state index contributed by atoms with van der Waals surface area (Å²) in [6.45, 7) is 4.47. The number of rotatable bonds is 2. The Kier molecular flexibility index (Phi) is 4.43. The van der Waals surface area contributed by atoms with Gasteiger partial charge >= 0.3 is 5.97 Å². The summed E-state index contributed by atoms with van der Waals surface area (Å²) in [6, 6.07) is 1.69. The van der Waals surface area contributed by atoms with E-state index < -0.39 is 11.6 Å². The van der Waals surface area contributed by atoms with Crippen molar-refractivity contribution in [2.45, 2.75) is 32.3 Å². The third-order valence-electron chi connectivity index (χ3n) is 3.27. The quantitative estimate of drug-likeness (QED) is 0.787. The predicted molar refractivity (Wildman–Crippen MR) is 77.8 cm³/mol. The van der Waals surface area contributed by atoms with Gasteiger partial charge in [-0.2, -0.15) is 0 Å². The summed E-state index contributed by atoms with van der Waals surface area (Å²) < 4.78 is 0. The van der Waals surface area contributed by atoms with Gasteiger partial charge in [-0.3, -0.25) is 4.79 Å². The molecule has 0 atom stereocenters. The fourth-order valence-electron chi connectivity index (χ4n) is 2.11. The van der Waals surface area contributed by atoms with E-state index in [4.69, 9.17) is 5.11 Å². The van der Waals surface area contributed by atoms with E-state index in [1.165, 1.54) is 0 Å². The number of aliphatic carboxylic acids is 1. The molecular formula is C15H19N3O3. The summed E-state index contributed by atoms with van der Waals surface area (Å²) >= 11 is 0. The van der Waals surface area contributed by atoms with Crippen molar-refractivity contribution in [1.29, 1.82) is 0 Å². The second kappa shape index (κ2) is 6.10. The topological polar surface area (TPSA) is 86.6 Å². The fraction of sp³-hybridized carbons (Fsp3) is 0.533. The van der Waals surface area contributed by atoms with Crippen molar-refractivity contribution in [2.24, 2.45) is 5.92 Å². The van der Waals surface area contributed by atoms with Crippen LogP contribution < -0.4 is 4.90 Å². The number of anilines is 1. The molecule has 1 fully saturated rings. The fourth-order valence-corrected chi connectivity index (χ4v) is 2.11. The zero-order chi connectivity index (χ0) is 15.5. The molecule has 0 spiro atoms. The number of aliphatic hydroxyl groups is 1. The summed E-state index contributed by atoms with van der Waals surface area (Å²) in [5, 5.41) is 18.6. The average Bonchev–Trinajstić information content (AvgIpc) is 2.45. The third-order valence-corrected chi connectivity index (χ3v) is 3.27. The van der Waals surface area contributed by atoms with Gasteiger partial charge in [0.1, 0.15) is 11.3 Å². The highest BCUT2D eigenvalue weighted by molar-refractivity contribution is 5.70. The molecule has 2 N–H and O–H groups in total. The number of carboxylic acids is 1. The Balaban J connectivity index is 2.08. The first-order chi connectivity index (χ1) is 9.85. The molecule has 21 heavy (non-hydrogen) atoms. The minimum Gasteiger partial charge on any atom is -0.481 e. The number of nitrogens with zero attached hydrogens (tertiary/aromatic N) is 3. The highest BCUT2D eigenvalue weighted by Gasteiger charge is 2.25. The van der Waals surface area contributed by atoms with E-state index in [-0.39, 0.29) is 5.92 Å². The lowest BCUT2D eigenvalue weighted by molar-refractivity contribution is -0.142. The summed E-state index contributed by atoms with van der Waals surface area (Å²) in [4.78, 5) is 21.5. The Morgan fingerprint density at radius 2 is 2.10 bits per heavy atom. The lowest BCUT2D eigenvalue weighted by atomic mass is 9.97. The molecule has 1 saturated heterocycles. The summed E-state index contributed by atoms with van der Waals surface area (Å²) in [6.07, 6.45) is 2.82. The van der Waals surface area contributed by atoms with Gasteiger partial charge in [0.15, 0.2) is 0 Å². The van der Waals surface area contributed by atoms with Crippen molar-refractivity contribution in [3.05, 3.63) is 18.0 Å². The molecule has 1 aliphatic heterocycles. The van der Waals surface area contributed by atoms with E-state index in [1.54, 1.807) is 26.1 Å². The standard InChI is InChI=1S/C15H19N3O3/c1-15(2,21)7-3-12-4-8-16-14(17-12)18-9-5-11(6-10-18)13(19)20/h4,8,11,21H,5-6,9-10H2,1-2H3,(H,19,20). The van der Waals surface area contributed by atoms with Crippen LogP contribution in [0.4, 0.5) is 5.95 Å². The molecule has 0 bridgehead atoms. The molecule has 1 aliphatic rings. The van der Waals surface area contributed by atoms with Crippen LogP contribution in [0.1, 0.15) is 32.4 Å². The van der Waals surface area contributed by atoms with E-state index in [2.05, 4.69) is 21.8 Å². The molecule has 6 heteroatoms. The van der Waals surface area contributed by atoms with Gasteiger partial charge in [0.2, 0.25) is 5.95 Å². The lowest BCUT2D eigenvalue weighted by Gasteiger charge is -2.29. The second-order valence-electron chi connectivity index (χ2n) is 5.65. The van der Waals surface area contributed by atoms with E-state index in [0.29, 0.717) is 37.6 Å². The van der Waals surface area contributed by atoms with Crippen molar-refractivity contribution in [2.75, 3.05) is 18.0 Å². The number of carboxylic acid groups (broad SMARTS) is 1. The zero-order valence-electron chi connectivity index (χ0n) is 12.2. The zero-order valence-corrected chi connectivity index (χ0v) is 12.2. The first-order valence-corrected chi connectivity index (χ1v) is 6.91. The van der Waals surface area contributed by atoms with Gasteiger partial charge in [0.05, 0.1) is 5.92 Å². The number of hydrogen-bond acceptors (Lipinski definition) is 5. The van der Waals surface area contributed by atoms with Crippen LogP contribution in [0, 0.1) is 17.8 Å². The summed E-state index contributed by atoms with van der Waals surface area (Å²) in [5.41, 5.74) is -0.521. The number of aromatic nitrogens is 2. The molecule has 112 valence electrons. The Labute approximate surface area is 123 Å². The molecule has 0 radical (unpaired) electrons. The van der Waals surface area contributed by atoms with Crippen LogP contribution in [0.3, 0.4) is 0 Å². The maximum absolute atomic E-state index is 10.9. The largest absolute Gasteiger partial charge is 0.481 e. The lowest BCUT2D eigenvalue weighted by Crippen LogP contribution is -2.37. The second-order valence-corrected chi connectivity index (χ2v) is 5.65. The molecule has 6 nitrogen and oxygen atoms in total. The molecule has 0 saturated carbocycles. The molecule has 2 heterocycles. The van der Waals surface area contributed by atoms with Crippen LogP contribution in [-0.4, -0.2) is 44.8 Å². The van der Waals surface area contributed by atoms with Crippen molar-refractivity contribution in [1.82, 2.24) is 9.97 Å². The molecule has 0 amide bonds. The van der Waals surface area contributed by atoms with Crippen molar-refractivity contribution < 1.29 is 15.0 Å². The van der Waals surface area contributed by atoms with Gasteiger partial charge in [-0.05, 0) is 38.7 Å². The normalized spacial score (nSPS) is 16.2. The van der Waals surface area contributed by atoms with Crippen LogP contribution in [-0.2, 0) is 4.79 Å². The molecule has 0 unspecified atom stereocenters. The van der Waals surface area contributed by atoms with Crippen LogP contribution >= 0.6 is 0 Å². The Morgan fingerprint density at radius 3 is 2.67 bits per heavy atom. The van der Waals surface area contributed by atoms with E-state index in [0.717, 1.165) is 0 Å². The van der Waals surface area contributed by atoms with Gasteiger partial charge in [-0.25, -0.2) is 9.97 Å². The SMILES string of the molecule is CC(C)(O)C#Cc1ccnc(N2CCC(C(=O)O)CC2)n1. The molecule has 2 rings (SSSR count). The van der Waals surface area contributed by atoms with Gasteiger partial charge in [-0.15, -0.1) is 0 Å². The smallest absolute Gasteiger partial charge is 0.306 e. The maximum atomic E-state index is 10.9. The van der Waals surface area contributed by atoms with Gasteiger partial charge in [0, 0.05) is 19.3 Å². The first-order valence-electron chi connectivity index (χ1n) is 6.91. The molecule has 1 aromatic rings. The van der Waals surface area contributed by atoms with Crippen molar-refractivity contribution in [3.8, 4) is 11.8 Å². The first kappa shape index (κ1) is 15.3. The van der Waals surface area contributed by atoms with E-state index in [1.807, 2.05) is 4.90 Å². The monoisotopic (exact) mass is 289 g/mol. The van der Waals surface area contributed by atoms with Crippen molar-refractivity contribution in [3.63, 3.8) is 0 Å². The highest BCUT2D eigenvalue weighted by Crippen LogP contribution is 2.20. The van der Waals surface area contributed by atoms with E-state index >= 15 is 0 Å². The summed E-state index contributed by atoms with van der Waals surface area (Å²) in [7, 11) is 0. The van der Waals surface area contributed by atoms with Crippen molar-refractivity contribution >= 4 is 11.9 Å². The minimum atomic E-state index is -1.06. The number of piperidine rings is 1. The van der Waals surface area contributed by atoms with Gasteiger partial charge in [0.25, 0.3) is 0 Å². The van der Waals surface area contributed by atoms with Crippen LogP contribution in [0.2, 0.25) is 0 Å². The van der Waals surface area contributed by atoms with Crippen LogP contribution in [0.5, 0.6) is 0 Å². The molecule has 0 aromatic carbocycles. The Hall–Kier alpha value is -2.13. The Bertz CT molecular complexity index is 576. The highest BCUT2D eigenvalue weighted by atomic mass is 16.4. The average molecular weight is 289 g/mol. The predicted octanol–water partition coefficient (Wildman–Crippen LogP) is 0.900. The summed E-state index contributed by atoms with van der Waals surface area (Å²) in [5.74, 6) is 5.07. The van der Waals surface area contributed by atoms with E-state index in [9.17, 15) is 9.90 Å². The number of hydrogen-bond donors (Lipinski definition) is 2. The number of carbonyl (C=O) groups is 1. The Morgan fingerprint density at radius 1 is 1.43 bits per heavy atom. The molecule has 0 aliphatic carbocycles. The minimum absolute atomic E-state index is 0.278. The molecule has 1 aromatic heterocycles. The van der Waals surface area contributed by atoms with Gasteiger partial charge < -0.3 is 15.1 Å². The van der Waals surface area contributed by atoms with Crippen LogP contribution in [0.15, 0.2) is 12.3 Å². The van der Waals surface area contributed by atoms with Crippen LogP contribution in [0.25, 0.3) is 0 Å². The van der Waals surface area contributed by atoms with Gasteiger partial charge in [-0.1, -0.05) is 5.92 Å². The maximum Gasteiger partial charge on any atom is 0.306 e.